The Kier molecular flexibility index (Phi) is 7.85. The molecule has 2 N–H and O–H groups in total. The molecule has 3 rings (SSSR count). The molecule has 0 aliphatic heterocycles. The number of ether oxygens (including phenoxy) is 1. The summed E-state index contributed by atoms with van der Waals surface area (Å²) in [6.45, 7) is -0.350. The van der Waals surface area contributed by atoms with Crippen LogP contribution in [0.4, 0.5) is 23.2 Å². The molecule has 0 unspecified atom stereocenters. The number of hydrogen-bond donors (Lipinski definition) is 2. The van der Waals surface area contributed by atoms with Gasteiger partial charge in [-0.1, -0.05) is 17.7 Å². The van der Waals surface area contributed by atoms with E-state index in [9.17, 15) is 27.2 Å². The summed E-state index contributed by atoms with van der Waals surface area (Å²) in [6, 6.07) is 13.6. The number of hydrogen-bond acceptors (Lipinski definition) is 4. The molecule has 0 atom stereocenters. The minimum Gasteiger partial charge on any atom is -0.482 e. The highest BCUT2D eigenvalue weighted by Crippen LogP contribution is 2.29. The molecular weight excluding hydrogens is 478 g/mol. The number of benzene rings is 3. The van der Waals surface area contributed by atoms with Crippen LogP contribution in [0.25, 0.3) is 0 Å². The second kappa shape index (κ2) is 10.8. The zero-order valence-electron chi connectivity index (χ0n) is 17.2. The van der Waals surface area contributed by atoms with Crippen LogP contribution in [0.5, 0.6) is 5.75 Å². The summed E-state index contributed by atoms with van der Waals surface area (Å²) in [5.74, 6) is -1.52. The Labute approximate surface area is 196 Å². The smallest absolute Gasteiger partial charge is 0.416 e. The molecule has 0 bridgehead atoms. The van der Waals surface area contributed by atoms with E-state index in [1.165, 1.54) is 48.7 Å². The van der Waals surface area contributed by atoms with Gasteiger partial charge >= 0.3 is 6.18 Å². The third-order valence-electron chi connectivity index (χ3n) is 4.27. The van der Waals surface area contributed by atoms with Crippen LogP contribution in [0.2, 0.25) is 5.02 Å². The predicted molar refractivity (Wildman–Crippen MR) is 118 cm³/mol. The summed E-state index contributed by atoms with van der Waals surface area (Å²) < 4.78 is 56.6. The number of hydrazone groups is 1. The number of rotatable bonds is 7. The molecule has 34 heavy (non-hydrogen) atoms. The summed E-state index contributed by atoms with van der Waals surface area (Å²) in [4.78, 5) is 24.0. The van der Waals surface area contributed by atoms with E-state index < -0.39 is 29.4 Å². The first kappa shape index (κ1) is 24.7. The van der Waals surface area contributed by atoms with Crippen LogP contribution in [0.15, 0.2) is 71.8 Å². The largest absolute Gasteiger partial charge is 0.482 e. The predicted octanol–water partition coefficient (Wildman–Crippen LogP) is 5.28. The Bertz CT molecular complexity index is 1210. The quantitative estimate of drug-likeness (QED) is 0.267. The van der Waals surface area contributed by atoms with Gasteiger partial charge in [0.15, 0.2) is 6.61 Å². The third-order valence-corrected chi connectivity index (χ3v) is 4.57. The molecule has 2 amide bonds. The van der Waals surface area contributed by atoms with Gasteiger partial charge < -0.3 is 10.1 Å². The zero-order valence-corrected chi connectivity index (χ0v) is 18.0. The van der Waals surface area contributed by atoms with Crippen molar-refractivity contribution in [3.8, 4) is 5.75 Å². The van der Waals surface area contributed by atoms with Crippen molar-refractivity contribution in [1.82, 2.24) is 5.43 Å². The van der Waals surface area contributed by atoms with Crippen LogP contribution in [-0.2, 0) is 11.0 Å². The molecule has 11 heteroatoms. The lowest BCUT2D eigenvalue weighted by Gasteiger charge is -2.09. The molecule has 176 valence electrons. The maximum atomic E-state index is 12.9. The van der Waals surface area contributed by atoms with E-state index in [1.807, 2.05) is 0 Å². The summed E-state index contributed by atoms with van der Waals surface area (Å²) in [6.07, 6.45) is -3.33. The van der Waals surface area contributed by atoms with Crippen molar-refractivity contribution in [3.05, 3.63) is 94.3 Å². The van der Waals surface area contributed by atoms with Crippen molar-refractivity contribution in [2.24, 2.45) is 5.10 Å². The molecular formula is C23H16ClF4N3O3. The number of carbonyl (C=O) groups excluding carboxylic acids is 2. The van der Waals surface area contributed by atoms with E-state index in [-0.39, 0.29) is 22.9 Å². The van der Waals surface area contributed by atoms with Gasteiger partial charge in [-0.3, -0.25) is 9.59 Å². The fraction of sp³-hybridized carbons (Fsp3) is 0.0870. The number of halogens is 5. The normalized spacial score (nSPS) is 11.3. The van der Waals surface area contributed by atoms with E-state index in [1.54, 1.807) is 6.07 Å². The molecule has 0 saturated carbocycles. The summed E-state index contributed by atoms with van der Waals surface area (Å²) in [5.41, 5.74) is 1.85. The first-order valence-electron chi connectivity index (χ1n) is 9.60. The van der Waals surface area contributed by atoms with Gasteiger partial charge in [0.2, 0.25) is 0 Å². The van der Waals surface area contributed by atoms with Crippen LogP contribution in [0, 0.1) is 5.82 Å². The molecule has 0 fully saturated rings. The van der Waals surface area contributed by atoms with Crippen molar-refractivity contribution in [2.45, 2.75) is 6.18 Å². The molecule has 0 heterocycles. The highest BCUT2D eigenvalue weighted by atomic mass is 35.5. The van der Waals surface area contributed by atoms with E-state index >= 15 is 0 Å². The van der Waals surface area contributed by atoms with Gasteiger partial charge in [-0.25, -0.2) is 9.82 Å². The summed E-state index contributed by atoms with van der Waals surface area (Å²) >= 11 is 6.13. The lowest BCUT2D eigenvalue weighted by Crippen LogP contribution is -2.20. The lowest BCUT2D eigenvalue weighted by molar-refractivity contribution is -0.137. The molecule has 3 aromatic rings. The first-order chi connectivity index (χ1) is 16.1. The molecule has 0 aliphatic rings. The molecule has 3 aromatic carbocycles. The van der Waals surface area contributed by atoms with E-state index in [0.717, 1.165) is 18.2 Å². The van der Waals surface area contributed by atoms with Gasteiger partial charge in [0.1, 0.15) is 11.6 Å². The molecule has 0 saturated heterocycles. The average molecular weight is 494 g/mol. The number of nitrogens with one attached hydrogen (secondary N) is 2. The molecule has 0 spiro atoms. The van der Waals surface area contributed by atoms with Crippen molar-refractivity contribution in [2.75, 3.05) is 11.9 Å². The van der Waals surface area contributed by atoms with E-state index in [0.29, 0.717) is 11.3 Å². The highest BCUT2D eigenvalue weighted by molar-refractivity contribution is 6.32. The maximum absolute atomic E-state index is 12.9. The average Bonchev–Trinajstić information content (AvgIpc) is 2.79. The summed E-state index contributed by atoms with van der Waals surface area (Å²) in [5, 5.41) is 6.40. The topological polar surface area (TPSA) is 79.8 Å². The van der Waals surface area contributed by atoms with Crippen molar-refractivity contribution in [1.29, 1.82) is 0 Å². The second-order valence-corrected chi connectivity index (χ2v) is 7.22. The zero-order chi connectivity index (χ0) is 24.7. The third kappa shape index (κ3) is 7.04. The van der Waals surface area contributed by atoms with Gasteiger partial charge in [-0.2, -0.15) is 18.3 Å². The fourth-order valence-corrected chi connectivity index (χ4v) is 2.90. The number of anilines is 1. The highest BCUT2D eigenvalue weighted by Gasteiger charge is 2.30. The Balaban J connectivity index is 1.54. The van der Waals surface area contributed by atoms with Crippen molar-refractivity contribution >= 4 is 35.3 Å². The summed E-state index contributed by atoms with van der Waals surface area (Å²) in [7, 11) is 0. The number of amides is 2. The Morgan fingerprint density at radius 2 is 1.76 bits per heavy atom. The van der Waals surface area contributed by atoms with Gasteiger partial charge in [0, 0.05) is 11.3 Å². The van der Waals surface area contributed by atoms with Gasteiger partial charge in [0.05, 0.1) is 16.8 Å². The first-order valence-corrected chi connectivity index (χ1v) is 9.98. The molecule has 0 aliphatic carbocycles. The minimum atomic E-state index is -4.57. The van der Waals surface area contributed by atoms with Crippen LogP contribution in [0.3, 0.4) is 0 Å². The minimum absolute atomic E-state index is 0.155. The molecule has 0 radical (unpaired) electrons. The molecule has 0 aromatic heterocycles. The van der Waals surface area contributed by atoms with Crippen LogP contribution in [0.1, 0.15) is 21.5 Å². The number of alkyl halides is 3. The molecule has 6 nitrogen and oxygen atoms in total. The Morgan fingerprint density at radius 1 is 1.03 bits per heavy atom. The fourth-order valence-electron chi connectivity index (χ4n) is 2.65. The van der Waals surface area contributed by atoms with E-state index in [2.05, 4.69) is 15.8 Å². The monoisotopic (exact) mass is 493 g/mol. The standard InChI is InChI=1S/C23H16ClF4N3O3/c24-19-10-14(12-29-31-22(33)15-2-1-3-16(11-15)23(26,27)28)4-9-20(19)34-13-21(32)30-18-7-5-17(25)6-8-18/h1-12H,13H2,(H,30,32)(H,31,33)/b29-12-. The Morgan fingerprint density at radius 3 is 2.44 bits per heavy atom. The number of nitrogens with zero attached hydrogens (tertiary/aromatic N) is 1. The van der Waals surface area contributed by atoms with E-state index in [4.69, 9.17) is 16.3 Å². The van der Waals surface area contributed by atoms with Gasteiger partial charge in [-0.15, -0.1) is 0 Å². The maximum Gasteiger partial charge on any atom is 0.416 e. The SMILES string of the molecule is O=C(COc1ccc(/C=N\NC(=O)c2cccc(C(F)(F)F)c2)cc1Cl)Nc1ccc(F)cc1. The lowest BCUT2D eigenvalue weighted by atomic mass is 10.1. The van der Waals surface area contributed by atoms with Gasteiger partial charge in [-0.05, 0) is 66.2 Å². The Hall–Kier alpha value is -3.92. The number of carbonyl (C=O) groups is 2. The second-order valence-electron chi connectivity index (χ2n) is 6.81. The van der Waals surface area contributed by atoms with Crippen LogP contribution in [-0.4, -0.2) is 24.6 Å². The van der Waals surface area contributed by atoms with Gasteiger partial charge in [0.25, 0.3) is 11.8 Å². The van der Waals surface area contributed by atoms with Crippen LogP contribution < -0.4 is 15.5 Å². The van der Waals surface area contributed by atoms with Crippen molar-refractivity contribution < 1.29 is 31.9 Å². The van der Waals surface area contributed by atoms with Crippen LogP contribution >= 0.6 is 11.6 Å². The van der Waals surface area contributed by atoms with Crippen molar-refractivity contribution in [3.63, 3.8) is 0 Å².